The number of carbonyl (C=O) groups is 2. The molecule has 0 saturated carbocycles. The third-order valence-electron chi connectivity index (χ3n) is 6.05. The van der Waals surface area contributed by atoms with Gasteiger partial charge in [0.2, 0.25) is 5.43 Å². The number of hydrogen-bond acceptors (Lipinski definition) is 6. The van der Waals surface area contributed by atoms with Gasteiger partial charge in [0.15, 0.2) is 11.4 Å². The predicted molar refractivity (Wildman–Crippen MR) is 115 cm³/mol. The third-order valence-corrected chi connectivity index (χ3v) is 6.05. The van der Waals surface area contributed by atoms with Crippen LogP contribution in [0.1, 0.15) is 32.8 Å². The quantitative estimate of drug-likeness (QED) is 0.464. The Hall–Kier alpha value is -3.73. The lowest BCUT2D eigenvalue weighted by Gasteiger charge is -2.42. The van der Waals surface area contributed by atoms with Crippen molar-refractivity contribution in [2.75, 3.05) is 32.9 Å². The van der Waals surface area contributed by atoms with E-state index in [4.69, 9.17) is 9.47 Å². The Morgan fingerprint density at radius 2 is 2.15 bits per heavy atom. The van der Waals surface area contributed by atoms with Crippen molar-refractivity contribution in [3.63, 3.8) is 0 Å². The monoisotopic (exact) mass is 475 g/mol. The fraction of sp³-hybridized carbons (Fsp3) is 0.348. The topological polar surface area (TPSA) is 110 Å². The first kappa shape index (κ1) is 23.4. The summed E-state index contributed by atoms with van der Waals surface area (Å²) < 4.78 is 39.1. The molecule has 180 valence electrons. The molecule has 0 aliphatic carbocycles. The molecule has 11 heteroatoms. The van der Waals surface area contributed by atoms with Crippen LogP contribution >= 0.6 is 0 Å². The van der Waals surface area contributed by atoms with Crippen LogP contribution in [0.15, 0.2) is 42.0 Å². The number of nitrogens with zero attached hydrogens (tertiary/aromatic N) is 2. The van der Waals surface area contributed by atoms with Gasteiger partial charge in [-0.2, -0.15) is 0 Å². The van der Waals surface area contributed by atoms with Gasteiger partial charge in [-0.25, -0.2) is 8.78 Å². The number of pyridine rings is 1. The summed E-state index contributed by atoms with van der Waals surface area (Å²) >= 11 is 0. The zero-order valence-corrected chi connectivity index (χ0v) is 18.2. The van der Waals surface area contributed by atoms with Crippen LogP contribution in [0.5, 0.6) is 5.75 Å². The molecule has 1 aromatic carbocycles. The molecule has 2 N–H and O–H groups in total. The smallest absolute Gasteiger partial charge is 0.274 e. The van der Waals surface area contributed by atoms with Crippen LogP contribution in [0.3, 0.4) is 0 Å². The van der Waals surface area contributed by atoms with Crippen molar-refractivity contribution in [2.24, 2.45) is 0 Å². The standard InChI is InChI=1S/C23H23F2N3O6/c1-2-33-8-6-27-12-23(5-7-34-13-23)28-11-16(19(29)20(30)18(28)22(27)32)21(31)26-10-14-3-4-15(24)9-17(14)25/h2-4,9,11,30H,1,5-8,10,12-13H2,(H,26,31). The van der Waals surface area contributed by atoms with Gasteiger partial charge >= 0.3 is 0 Å². The van der Waals surface area contributed by atoms with Crippen LogP contribution in [-0.4, -0.2) is 59.3 Å². The van der Waals surface area contributed by atoms with Crippen LogP contribution < -0.4 is 10.7 Å². The molecule has 1 unspecified atom stereocenters. The van der Waals surface area contributed by atoms with E-state index in [1.807, 2.05) is 0 Å². The Morgan fingerprint density at radius 3 is 2.82 bits per heavy atom. The summed E-state index contributed by atoms with van der Waals surface area (Å²) in [4.78, 5) is 40.2. The second kappa shape index (κ2) is 9.26. The Morgan fingerprint density at radius 1 is 1.35 bits per heavy atom. The van der Waals surface area contributed by atoms with Crippen molar-refractivity contribution >= 4 is 11.8 Å². The first-order valence-electron chi connectivity index (χ1n) is 10.6. The van der Waals surface area contributed by atoms with E-state index in [2.05, 4.69) is 11.9 Å². The van der Waals surface area contributed by atoms with Gasteiger partial charge < -0.3 is 29.4 Å². The van der Waals surface area contributed by atoms with Gasteiger partial charge in [0, 0.05) is 37.5 Å². The third kappa shape index (κ3) is 4.14. The summed E-state index contributed by atoms with van der Waals surface area (Å²) in [6.45, 7) is 4.35. The Labute approximate surface area is 193 Å². The first-order valence-corrected chi connectivity index (χ1v) is 10.6. The SMILES string of the molecule is C=COCCN1CC2(CCOC2)n2cc(C(=O)NCc3ccc(F)cc3F)c(=O)c(O)c2C1=O. The molecule has 9 nitrogen and oxygen atoms in total. The molecule has 1 spiro atoms. The van der Waals surface area contributed by atoms with E-state index in [0.717, 1.165) is 6.07 Å². The number of amides is 2. The Bertz CT molecular complexity index is 1210. The average Bonchev–Trinajstić information content (AvgIpc) is 3.27. The van der Waals surface area contributed by atoms with E-state index in [9.17, 15) is 28.3 Å². The van der Waals surface area contributed by atoms with E-state index in [-0.39, 0.29) is 44.1 Å². The molecule has 4 rings (SSSR count). The van der Waals surface area contributed by atoms with E-state index < -0.39 is 45.7 Å². The molecule has 0 radical (unpaired) electrons. The number of benzene rings is 1. The Kier molecular flexibility index (Phi) is 6.38. The molecule has 34 heavy (non-hydrogen) atoms. The number of fused-ring (bicyclic) bond motifs is 2. The fourth-order valence-corrected chi connectivity index (χ4v) is 4.27. The lowest BCUT2D eigenvalue weighted by Crippen LogP contribution is -2.56. The zero-order valence-electron chi connectivity index (χ0n) is 18.2. The van der Waals surface area contributed by atoms with E-state index >= 15 is 0 Å². The van der Waals surface area contributed by atoms with Gasteiger partial charge in [-0.1, -0.05) is 12.6 Å². The van der Waals surface area contributed by atoms with Crippen molar-refractivity contribution in [1.82, 2.24) is 14.8 Å². The van der Waals surface area contributed by atoms with Crippen molar-refractivity contribution in [2.45, 2.75) is 18.5 Å². The van der Waals surface area contributed by atoms with E-state index in [1.165, 1.54) is 28.0 Å². The molecular formula is C23H23F2N3O6. The van der Waals surface area contributed by atoms with Gasteiger partial charge in [0.05, 0.1) is 25.0 Å². The number of hydrogen-bond donors (Lipinski definition) is 2. The van der Waals surface area contributed by atoms with Crippen LogP contribution in [0, 0.1) is 11.6 Å². The van der Waals surface area contributed by atoms with E-state index in [0.29, 0.717) is 19.1 Å². The molecule has 0 bridgehead atoms. The molecule has 2 aliphatic rings. The van der Waals surface area contributed by atoms with Crippen molar-refractivity contribution in [3.8, 4) is 5.75 Å². The number of ether oxygens (including phenoxy) is 2. The summed E-state index contributed by atoms with van der Waals surface area (Å²) in [7, 11) is 0. The summed E-state index contributed by atoms with van der Waals surface area (Å²) in [6.07, 6.45) is 2.97. The summed E-state index contributed by atoms with van der Waals surface area (Å²) in [6, 6.07) is 2.91. The highest BCUT2D eigenvalue weighted by Crippen LogP contribution is 2.36. The minimum Gasteiger partial charge on any atom is -0.503 e. The summed E-state index contributed by atoms with van der Waals surface area (Å²) in [5.41, 5.74) is -2.45. The maximum Gasteiger partial charge on any atom is 0.274 e. The van der Waals surface area contributed by atoms with Crippen LogP contribution in [-0.2, 0) is 21.6 Å². The number of aromatic nitrogens is 1. The Balaban J connectivity index is 1.68. The molecule has 2 aromatic rings. The van der Waals surface area contributed by atoms with E-state index in [1.54, 1.807) is 0 Å². The van der Waals surface area contributed by atoms with Crippen LogP contribution in [0.4, 0.5) is 8.78 Å². The largest absolute Gasteiger partial charge is 0.503 e. The average molecular weight is 475 g/mol. The lowest BCUT2D eigenvalue weighted by molar-refractivity contribution is 0.0445. The van der Waals surface area contributed by atoms with Gasteiger partial charge in [-0.05, 0) is 12.5 Å². The highest BCUT2D eigenvalue weighted by atomic mass is 19.1. The highest BCUT2D eigenvalue weighted by Gasteiger charge is 2.47. The molecule has 1 atom stereocenters. The van der Waals surface area contributed by atoms with Crippen molar-refractivity contribution < 1.29 is 33.0 Å². The molecule has 2 aliphatic heterocycles. The second-order valence-corrected chi connectivity index (χ2v) is 8.15. The van der Waals surface area contributed by atoms with Crippen LogP contribution in [0.25, 0.3) is 0 Å². The number of nitrogens with one attached hydrogen (secondary N) is 1. The number of aromatic hydroxyl groups is 1. The first-order chi connectivity index (χ1) is 16.3. The van der Waals surface area contributed by atoms with Crippen molar-refractivity contribution in [1.29, 1.82) is 0 Å². The van der Waals surface area contributed by atoms with Gasteiger partial charge in [-0.3, -0.25) is 14.4 Å². The molecule has 3 heterocycles. The van der Waals surface area contributed by atoms with Gasteiger partial charge in [-0.15, -0.1) is 0 Å². The van der Waals surface area contributed by atoms with Gasteiger partial charge in [0.1, 0.15) is 23.8 Å². The minimum atomic E-state index is -1.03. The minimum absolute atomic E-state index is 0.0188. The highest BCUT2D eigenvalue weighted by molar-refractivity contribution is 5.99. The fourth-order valence-electron chi connectivity index (χ4n) is 4.27. The van der Waals surface area contributed by atoms with Crippen LogP contribution in [0.2, 0.25) is 0 Å². The maximum absolute atomic E-state index is 13.9. The van der Waals surface area contributed by atoms with Crippen molar-refractivity contribution in [3.05, 3.63) is 75.9 Å². The summed E-state index contributed by atoms with van der Waals surface area (Å²) in [5.74, 6) is -3.92. The summed E-state index contributed by atoms with van der Waals surface area (Å²) in [5, 5.41) is 13.1. The molecule has 2 amide bonds. The zero-order chi connectivity index (χ0) is 24.5. The maximum atomic E-state index is 13.9. The van der Waals surface area contributed by atoms with Gasteiger partial charge in [0.25, 0.3) is 11.8 Å². The number of rotatable bonds is 7. The predicted octanol–water partition coefficient (Wildman–Crippen LogP) is 1.49. The number of halogens is 2. The molecule has 1 fully saturated rings. The normalized spacial score (nSPS) is 19.2. The lowest BCUT2D eigenvalue weighted by atomic mass is 9.92. The number of carbonyl (C=O) groups excluding carboxylic acids is 2. The molecular weight excluding hydrogens is 452 g/mol. The molecule has 1 aromatic heterocycles. The molecule has 1 saturated heterocycles. The second-order valence-electron chi connectivity index (χ2n) is 8.15.